The third kappa shape index (κ3) is 5.52. The molecule has 0 aliphatic heterocycles. The van der Waals surface area contributed by atoms with Gasteiger partial charge in [0.1, 0.15) is 6.61 Å². The van der Waals surface area contributed by atoms with Crippen molar-refractivity contribution in [1.29, 1.82) is 0 Å². The second-order valence-corrected chi connectivity index (χ2v) is 10.6. The molecule has 1 N–H and O–H groups in total. The molecule has 0 aromatic rings. The number of fused-ring (bicyclic) bond motifs is 5. The van der Waals surface area contributed by atoms with E-state index in [-0.39, 0.29) is 41.5 Å². The molecular formula is C28H42O6. The van der Waals surface area contributed by atoms with Crippen molar-refractivity contribution in [2.24, 2.45) is 34.5 Å². The van der Waals surface area contributed by atoms with Crippen LogP contribution in [0.25, 0.3) is 0 Å². The lowest BCUT2D eigenvalue weighted by atomic mass is 9.46. The molecule has 6 nitrogen and oxygen atoms in total. The molecule has 0 aromatic heterocycles. The molecule has 190 valence electrons. The zero-order chi connectivity index (χ0) is 25.7. The number of carboxylic acid groups (broad SMARTS) is 1. The number of ketones is 2. The topological polar surface area (TPSA) is 97.7 Å². The fraction of sp³-hybridized carbons (Fsp3) is 0.714. The minimum Gasteiger partial charge on any atom is -0.481 e. The van der Waals surface area contributed by atoms with Gasteiger partial charge in [-0.25, -0.2) is 0 Å². The zero-order valence-corrected chi connectivity index (χ0v) is 21.4. The first kappa shape index (κ1) is 28.0. The maximum atomic E-state index is 12.8. The number of aliphatic carboxylic acids is 1. The number of carboxylic acids is 1. The van der Waals surface area contributed by atoms with Crippen LogP contribution in [0.1, 0.15) is 85.5 Å². The van der Waals surface area contributed by atoms with Gasteiger partial charge < -0.3 is 9.84 Å². The summed E-state index contributed by atoms with van der Waals surface area (Å²) in [6, 6.07) is 0. The largest absolute Gasteiger partial charge is 0.481 e. The number of Topliss-reactive ketones (excluding diaryl/α,β-unsaturated/α-hetero) is 1. The first-order valence-corrected chi connectivity index (χ1v) is 12.6. The van der Waals surface area contributed by atoms with Crippen molar-refractivity contribution < 1.29 is 29.0 Å². The van der Waals surface area contributed by atoms with Crippen molar-refractivity contribution in [3.05, 3.63) is 24.8 Å². The second kappa shape index (κ2) is 11.5. The van der Waals surface area contributed by atoms with Crippen LogP contribution in [0, 0.1) is 34.5 Å². The molecule has 3 fully saturated rings. The average molecular weight is 475 g/mol. The molecular weight excluding hydrogens is 432 g/mol. The molecule has 0 amide bonds. The normalized spacial score (nSPS) is 35.5. The summed E-state index contributed by atoms with van der Waals surface area (Å²) in [5.41, 5.74) is 1.61. The van der Waals surface area contributed by atoms with Gasteiger partial charge in [-0.3, -0.25) is 19.2 Å². The summed E-state index contributed by atoms with van der Waals surface area (Å²) in [7, 11) is 0. The molecule has 4 rings (SSSR count). The van der Waals surface area contributed by atoms with Gasteiger partial charge >= 0.3 is 11.9 Å². The Kier molecular flexibility index (Phi) is 9.44. The summed E-state index contributed by atoms with van der Waals surface area (Å²) in [6.45, 7) is 13.6. The molecule has 6 heteroatoms. The van der Waals surface area contributed by atoms with Crippen LogP contribution in [-0.2, 0) is 23.9 Å². The molecule has 0 saturated heterocycles. The minimum atomic E-state index is -0.745. The van der Waals surface area contributed by atoms with Crippen molar-refractivity contribution in [3.8, 4) is 0 Å². The third-order valence-corrected chi connectivity index (χ3v) is 9.07. The Hall–Kier alpha value is -2.24. The minimum absolute atomic E-state index is 0.0282. The number of carbonyl (C=O) groups is 4. The summed E-state index contributed by atoms with van der Waals surface area (Å²) in [4.78, 5) is 45.2. The lowest BCUT2D eigenvalue weighted by Crippen LogP contribution is -2.51. The van der Waals surface area contributed by atoms with E-state index in [0.717, 1.165) is 44.9 Å². The molecule has 3 saturated carbocycles. The number of hydrogen-bond donors (Lipinski definition) is 1. The van der Waals surface area contributed by atoms with Crippen LogP contribution >= 0.6 is 0 Å². The van der Waals surface area contributed by atoms with Crippen molar-refractivity contribution in [2.45, 2.75) is 85.5 Å². The quantitative estimate of drug-likeness (QED) is 0.424. The summed E-state index contributed by atoms with van der Waals surface area (Å²) in [6.07, 6.45) is 10.3. The Morgan fingerprint density at radius 2 is 1.71 bits per heavy atom. The first-order valence-electron chi connectivity index (χ1n) is 12.6. The molecule has 4 aliphatic carbocycles. The predicted octanol–water partition coefficient (Wildman–Crippen LogP) is 5.55. The predicted molar refractivity (Wildman–Crippen MR) is 131 cm³/mol. The van der Waals surface area contributed by atoms with Gasteiger partial charge in [0.05, 0.1) is 0 Å². The van der Waals surface area contributed by atoms with E-state index in [9.17, 15) is 19.2 Å². The van der Waals surface area contributed by atoms with Crippen LogP contribution in [0.4, 0.5) is 0 Å². The Bertz CT molecular complexity index is 829. The molecule has 0 spiro atoms. The van der Waals surface area contributed by atoms with Gasteiger partial charge in [-0.1, -0.05) is 26.3 Å². The summed E-state index contributed by atoms with van der Waals surface area (Å²) in [5.74, 6) is 1.21. The first-order chi connectivity index (χ1) is 16.0. The van der Waals surface area contributed by atoms with Crippen LogP contribution in [0.15, 0.2) is 24.8 Å². The van der Waals surface area contributed by atoms with Crippen LogP contribution in [-0.4, -0.2) is 35.2 Å². The van der Waals surface area contributed by atoms with E-state index in [4.69, 9.17) is 9.84 Å². The van der Waals surface area contributed by atoms with Gasteiger partial charge in [0.15, 0.2) is 11.6 Å². The van der Waals surface area contributed by atoms with E-state index in [1.165, 1.54) is 12.5 Å². The maximum Gasteiger partial charge on any atom is 0.303 e. The molecule has 0 radical (unpaired) electrons. The zero-order valence-electron chi connectivity index (χ0n) is 21.4. The van der Waals surface area contributed by atoms with Crippen LogP contribution in [0.5, 0.6) is 0 Å². The van der Waals surface area contributed by atoms with Crippen molar-refractivity contribution in [3.63, 3.8) is 0 Å². The second-order valence-electron chi connectivity index (χ2n) is 10.6. The molecule has 4 aliphatic rings. The van der Waals surface area contributed by atoms with Crippen LogP contribution in [0.3, 0.4) is 0 Å². The van der Waals surface area contributed by atoms with Gasteiger partial charge in [0.25, 0.3) is 0 Å². The monoisotopic (exact) mass is 474 g/mol. The third-order valence-electron chi connectivity index (χ3n) is 9.07. The molecule has 0 heterocycles. The number of ether oxygens (including phenoxy) is 1. The summed E-state index contributed by atoms with van der Waals surface area (Å²) >= 11 is 0. The number of allylic oxidation sites excluding steroid dienone is 1. The van der Waals surface area contributed by atoms with E-state index >= 15 is 0 Å². The van der Waals surface area contributed by atoms with Crippen LogP contribution < -0.4 is 0 Å². The fourth-order valence-electron chi connectivity index (χ4n) is 7.36. The highest BCUT2D eigenvalue weighted by Gasteiger charge is 2.60. The molecule has 0 unspecified atom stereocenters. The highest BCUT2D eigenvalue weighted by atomic mass is 16.5. The van der Waals surface area contributed by atoms with E-state index in [0.29, 0.717) is 30.0 Å². The van der Waals surface area contributed by atoms with E-state index < -0.39 is 5.97 Å². The average Bonchev–Trinajstić information content (AvgIpc) is 3.17. The molecule has 0 bridgehead atoms. The van der Waals surface area contributed by atoms with Crippen molar-refractivity contribution in [1.82, 2.24) is 0 Å². The lowest BCUT2D eigenvalue weighted by Gasteiger charge is -2.58. The Balaban J connectivity index is 0.000000520. The smallest absolute Gasteiger partial charge is 0.303 e. The molecule has 6 atom stereocenters. The number of esters is 1. The molecule has 0 aromatic carbocycles. The number of carbonyl (C=O) groups excluding carboxylic acids is 3. The van der Waals surface area contributed by atoms with E-state index in [1.54, 1.807) is 6.92 Å². The molecule has 34 heavy (non-hydrogen) atoms. The van der Waals surface area contributed by atoms with E-state index in [2.05, 4.69) is 27.0 Å². The summed E-state index contributed by atoms with van der Waals surface area (Å²) in [5, 5.41) is 7.72. The Morgan fingerprint density at radius 3 is 2.29 bits per heavy atom. The fourth-order valence-corrected chi connectivity index (χ4v) is 7.36. The Morgan fingerprint density at radius 1 is 1.06 bits per heavy atom. The van der Waals surface area contributed by atoms with Crippen LogP contribution in [0.2, 0.25) is 0 Å². The standard InChI is InChI=1S/C23H32O4.C3H6O2.C2H4/c1-14(24)27-13-21(26)20-7-6-18-17-5-4-15-12-16(25)8-10-22(15,2)19(17)9-11-23(18,20)3;1-2-3(4)5;1-2/h12,17-20H,4-11,13H2,1-3H3;2H2,1H3,(H,4,5);1-2H2/t17-,18-,19-,20+,22-,23-;;/m0../s1. The van der Waals surface area contributed by atoms with Gasteiger partial charge in [0, 0.05) is 25.7 Å². The van der Waals surface area contributed by atoms with Gasteiger partial charge in [-0.05, 0) is 79.6 Å². The number of rotatable bonds is 4. The summed E-state index contributed by atoms with van der Waals surface area (Å²) < 4.78 is 5.02. The maximum absolute atomic E-state index is 12.8. The van der Waals surface area contributed by atoms with Gasteiger partial charge in [-0.2, -0.15) is 0 Å². The van der Waals surface area contributed by atoms with Crippen molar-refractivity contribution >= 4 is 23.5 Å². The number of hydrogen-bond acceptors (Lipinski definition) is 5. The van der Waals surface area contributed by atoms with Gasteiger partial charge in [-0.15, -0.1) is 13.2 Å². The lowest BCUT2D eigenvalue weighted by molar-refractivity contribution is -0.149. The highest BCUT2D eigenvalue weighted by Crippen LogP contribution is 2.66. The van der Waals surface area contributed by atoms with Crippen molar-refractivity contribution in [2.75, 3.05) is 6.61 Å². The van der Waals surface area contributed by atoms with Gasteiger partial charge in [0.2, 0.25) is 0 Å². The Labute approximate surface area is 204 Å². The highest BCUT2D eigenvalue weighted by molar-refractivity contribution is 5.91. The van der Waals surface area contributed by atoms with E-state index in [1.807, 2.05) is 6.08 Å². The SMILES string of the molecule is C=C.CC(=O)OCC(=O)[C@H]1CC[C@H]2[C@@H]3CCC4=CC(=O)CC[C@]4(C)[C@H]3CC[C@]12C.CCC(=O)O.